The molecule has 2 aromatic rings. The molecule has 0 bridgehead atoms. The lowest BCUT2D eigenvalue weighted by Gasteiger charge is -2.01. The van der Waals surface area contributed by atoms with Crippen LogP contribution < -0.4 is 4.74 Å². The smallest absolute Gasteiger partial charge is 0.339 e. The van der Waals surface area contributed by atoms with E-state index in [0.717, 1.165) is 10.9 Å². The number of fused-ring (bicyclic) bond motifs is 1. The zero-order chi connectivity index (χ0) is 11.9. The van der Waals surface area contributed by atoms with Gasteiger partial charge in [0.15, 0.2) is 11.3 Å². The second kappa shape index (κ2) is 3.56. The molecule has 0 fully saturated rings. The van der Waals surface area contributed by atoms with Crippen molar-refractivity contribution in [3.05, 3.63) is 29.0 Å². The minimum atomic E-state index is -0.999. The van der Waals surface area contributed by atoms with Crippen molar-refractivity contribution in [2.75, 3.05) is 7.11 Å². The number of benzene rings is 1. The summed E-state index contributed by atoms with van der Waals surface area (Å²) in [5, 5.41) is 9.78. The summed E-state index contributed by atoms with van der Waals surface area (Å²) in [6, 6.07) is 3.30. The van der Waals surface area contributed by atoms with E-state index in [1.165, 1.54) is 0 Å². The molecule has 4 heteroatoms. The molecule has 1 heterocycles. The quantitative estimate of drug-likeness (QED) is 0.845. The highest BCUT2D eigenvalue weighted by Crippen LogP contribution is 2.36. The lowest BCUT2D eigenvalue weighted by Crippen LogP contribution is -1.97. The van der Waals surface area contributed by atoms with Crippen molar-refractivity contribution in [1.82, 2.24) is 0 Å². The summed E-state index contributed by atoms with van der Waals surface area (Å²) in [5.74, 6) is 0.200. The second-order valence-electron chi connectivity index (χ2n) is 3.63. The number of carbonyl (C=O) groups is 1. The van der Waals surface area contributed by atoms with Gasteiger partial charge in [-0.1, -0.05) is 6.07 Å². The van der Waals surface area contributed by atoms with E-state index in [1.807, 2.05) is 6.92 Å². The van der Waals surface area contributed by atoms with E-state index < -0.39 is 5.97 Å². The highest BCUT2D eigenvalue weighted by Gasteiger charge is 2.19. The topological polar surface area (TPSA) is 59.7 Å². The molecule has 1 aromatic heterocycles. The van der Waals surface area contributed by atoms with E-state index in [4.69, 9.17) is 14.3 Å². The molecule has 0 spiro atoms. The van der Waals surface area contributed by atoms with Gasteiger partial charge in [0.25, 0.3) is 0 Å². The minimum Gasteiger partial charge on any atom is -0.492 e. The van der Waals surface area contributed by atoms with Crippen molar-refractivity contribution in [3.8, 4) is 5.75 Å². The van der Waals surface area contributed by atoms with Gasteiger partial charge in [-0.15, -0.1) is 0 Å². The molecule has 0 amide bonds. The first-order chi connectivity index (χ1) is 7.56. The number of hydrogen-bond donors (Lipinski definition) is 1. The van der Waals surface area contributed by atoms with Crippen LogP contribution in [0.1, 0.15) is 21.7 Å². The molecular weight excluding hydrogens is 208 g/mol. The van der Waals surface area contributed by atoms with Gasteiger partial charge in [0.05, 0.1) is 12.5 Å². The van der Waals surface area contributed by atoms with Crippen LogP contribution in [0.2, 0.25) is 0 Å². The summed E-state index contributed by atoms with van der Waals surface area (Å²) in [6.45, 7) is 3.65. The maximum atomic E-state index is 11.0. The third kappa shape index (κ3) is 1.34. The van der Waals surface area contributed by atoms with Gasteiger partial charge in [-0.05, 0) is 25.5 Å². The summed E-state index contributed by atoms with van der Waals surface area (Å²) < 4.78 is 10.7. The molecule has 2 rings (SSSR count). The Balaban J connectivity index is 2.91. The molecule has 0 radical (unpaired) electrons. The first kappa shape index (κ1) is 10.5. The highest BCUT2D eigenvalue weighted by atomic mass is 16.5. The fraction of sp³-hybridized carbons (Fsp3) is 0.250. The number of aryl methyl sites for hydroxylation is 2. The van der Waals surface area contributed by atoms with Crippen LogP contribution in [0.15, 0.2) is 16.5 Å². The Bertz CT molecular complexity index is 566. The summed E-state index contributed by atoms with van der Waals surface area (Å²) in [6.07, 6.45) is 0. The highest BCUT2D eigenvalue weighted by molar-refractivity contribution is 6.04. The third-order valence-electron chi connectivity index (χ3n) is 2.60. The summed E-state index contributed by atoms with van der Waals surface area (Å²) in [4.78, 5) is 11.0. The minimum absolute atomic E-state index is 0.159. The number of hydrogen-bond acceptors (Lipinski definition) is 3. The van der Waals surface area contributed by atoms with Crippen LogP contribution in [0.3, 0.4) is 0 Å². The molecule has 16 heavy (non-hydrogen) atoms. The van der Waals surface area contributed by atoms with E-state index in [1.54, 1.807) is 26.2 Å². The zero-order valence-corrected chi connectivity index (χ0v) is 9.33. The van der Waals surface area contributed by atoms with Gasteiger partial charge in [-0.25, -0.2) is 4.79 Å². The van der Waals surface area contributed by atoms with E-state index >= 15 is 0 Å². The molecule has 0 saturated carbocycles. The first-order valence-electron chi connectivity index (χ1n) is 4.86. The van der Waals surface area contributed by atoms with Gasteiger partial charge in [0, 0.05) is 0 Å². The number of ether oxygens (including phenoxy) is 1. The fourth-order valence-electron chi connectivity index (χ4n) is 1.86. The summed E-state index contributed by atoms with van der Waals surface area (Å²) >= 11 is 0. The van der Waals surface area contributed by atoms with Gasteiger partial charge in [-0.2, -0.15) is 0 Å². The SMILES string of the molecule is COc1c(C)oc2c(C(=O)O)ccc(C)c12. The van der Waals surface area contributed by atoms with Crippen molar-refractivity contribution in [2.24, 2.45) is 0 Å². The van der Waals surface area contributed by atoms with Crippen molar-refractivity contribution in [3.63, 3.8) is 0 Å². The van der Waals surface area contributed by atoms with Crippen molar-refractivity contribution < 1.29 is 19.1 Å². The molecule has 0 atom stereocenters. The normalized spacial score (nSPS) is 10.7. The third-order valence-corrected chi connectivity index (χ3v) is 2.60. The standard InChI is InChI=1S/C12H12O4/c1-6-4-5-8(12(13)14)11-9(6)10(15-3)7(2)16-11/h4-5H,1-3H3,(H,13,14). The molecular formula is C12H12O4. The Hall–Kier alpha value is -1.97. The molecule has 1 aromatic carbocycles. The van der Waals surface area contributed by atoms with Crippen LogP contribution >= 0.6 is 0 Å². The Labute approximate surface area is 92.4 Å². The predicted molar refractivity (Wildman–Crippen MR) is 59.2 cm³/mol. The van der Waals surface area contributed by atoms with E-state index in [0.29, 0.717) is 17.1 Å². The molecule has 0 unspecified atom stereocenters. The number of furan rings is 1. The number of methoxy groups -OCH3 is 1. The monoisotopic (exact) mass is 220 g/mol. The first-order valence-corrected chi connectivity index (χ1v) is 4.86. The van der Waals surface area contributed by atoms with Crippen LogP contribution in [-0.2, 0) is 0 Å². The second-order valence-corrected chi connectivity index (χ2v) is 3.63. The summed E-state index contributed by atoms with van der Waals surface area (Å²) in [7, 11) is 1.55. The van der Waals surface area contributed by atoms with E-state index in [2.05, 4.69) is 0 Å². The lowest BCUT2D eigenvalue weighted by molar-refractivity contribution is 0.0698. The van der Waals surface area contributed by atoms with Crippen LogP contribution in [-0.4, -0.2) is 18.2 Å². The largest absolute Gasteiger partial charge is 0.492 e. The zero-order valence-electron chi connectivity index (χ0n) is 9.33. The predicted octanol–water partition coefficient (Wildman–Crippen LogP) is 2.76. The Morgan fingerprint density at radius 2 is 2.06 bits per heavy atom. The molecule has 0 aliphatic carbocycles. The molecule has 0 saturated heterocycles. The van der Waals surface area contributed by atoms with Crippen molar-refractivity contribution in [2.45, 2.75) is 13.8 Å². The number of carboxylic acid groups (broad SMARTS) is 1. The Morgan fingerprint density at radius 1 is 1.38 bits per heavy atom. The van der Waals surface area contributed by atoms with Crippen LogP contribution in [0.5, 0.6) is 5.75 Å². The Morgan fingerprint density at radius 3 is 2.62 bits per heavy atom. The maximum Gasteiger partial charge on any atom is 0.339 e. The van der Waals surface area contributed by atoms with Crippen molar-refractivity contribution >= 4 is 16.9 Å². The maximum absolute atomic E-state index is 11.0. The van der Waals surface area contributed by atoms with Gasteiger partial charge in [0.1, 0.15) is 11.3 Å². The van der Waals surface area contributed by atoms with Gasteiger partial charge in [0.2, 0.25) is 0 Å². The molecule has 1 N–H and O–H groups in total. The van der Waals surface area contributed by atoms with Gasteiger partial charge < -0.3 is 14.3 Å². The van der Waals surface area contributed by atoms with Crippen LogP contribution in [0.25, 0.3) is 11.0 Å². The number of carboxylic acids is 1. The number of rotatable bonds is 2. The van der Waals surface area contributed by atoms with Gasteiger partial charge in [-0.3, -0.25) is 0 Å². The van der Waals surface area contributed by atoms with E-state index in [-0.39, 0.29) is 5.56 Å². The average molecular weight is 220 g/mol. The average Bonchev–Trinajstić information content (AvgIpc) is 2.55. The molecule has 0 aliphatic rings. The van der Waals surface area contributed by atoms with E-state index in [9.17, 15) is 4.79 Å². The van der Waals surface area contributed by atoms with Crippen LogP contribution in [0, 0.1) is 13.8 Å². The van der Waals surface area contributed by atoms with Crippen LogP contribution in [0.4, 0.5) is 0 Å². The molecule has 0 aliphatic heterocycles. The molecule has 4 nitrogen and oxygen atoms in total. The summed E-state index contributed by atoms with van der Waals surface area (Å²) in [5.41, 5.74) is 1.47. The fourth-order valence-corrected chi connectivity index (χ4v) is 1.86. The lowest BCUT2D eigenvalue weighted by atomic mass is 10.1. The number of aromatic carboxylic acids is 1. The van der Waals surface area contributed by atoms with Crippen molar-refractivity contribution in [1.29, 1.82) is 0 Å². The molecule has 84 valence electrons. The Kier molecular flexibility index (Phi) is 2.34. The van der Waals surface area contributed by atoms with Gasteiger partial charge >= 0.3 is 5.97 Å².